The molecule has 0 unspecified atom stereocenters. The summed E-state index contributed by atoms with van der Waals surface area (Å²) in [7, 11) is 10.0. The van der Waals surface area contributed by atoms with E-state index in [1.165, 1.54) is 72.6 Å². The molecule has 0 aromatic heterocycles. The summed E-state index contributed by atoms with van der Waals surface area (Å²) in [6, 6.07) is 81.6. The van der Waals surface area contributed by atoms with Crippen molar-refractivity contribution < 1.29 is 0 Å². The van der Waals surface area contributed by atoms with E-state index in [1.54, 1.807) is 30.3 Å². The Labute approximate surface area is 795 Å². The Bertz CT molecular complexity index is 7350. The lowest BCUT2D eigenvalue weighted by atomic mass is 9.92. The maximum absolute atomic E-state index is 9.67. The average Bonchev–Trinajstić information content (AvgIpc) is 1.65. The number of rotatable bonds is 8. The highest BCUT2D eigenvalue weighted by atomic mass is 15.4. The smallest absolute Gasteiger partial charge is 0.190 e. The molecule has 0 radical (unpaired) electrons. The van der Waals surface area contributed by atoms with E-state index < -0.39 is 0 Å². The molecular weight excluding hydrogens is 1660 g/mol. The maximum Gasteiger partial charge on any atom is 0.190 e. The van der Waals surface area contributed by atoms with Crippen molar-refractivity contribution in [1.82, 2.24) is 0 Å². The Kier molecular flexibility index (Phi) is 26.7. The average molecular weight is 1770 g/mol. The number of nitriles is 5. The van der Waals surface area contributed by atoms with Gasteiger partial charge in [0.15, 0.2) is 28.4 Å². The number of anilines is 15. The van der Waals surface area contributed by atoms with E-state index in [0.717, 1.165) is 113 Å². The second-order valence-electron chi connectivity index (χ2n) is 35.1. The summed E-state index contributed by atoms with van der Waals surface area (Å²) in [6.45, 7) is 73.4. The van der Waals surface area contributed by atoms with Gasteiger partial charge in [-0.2, -0.15) is 26.3 Å². The number of aryl methyl sites for hydroxylation is 5. The molecule has 0 aliphatic carbocycles. The zero-order valence-electron chi connectivity index (χ0n) is 80.5. The van der Waals surface area contributed by atoms with Crippen molar-refractivity contribution in [3.63, 3.8) is 0 Å². The van der Waals surface area contributed by atoms with Gasteiger partial charge in [0.2, 0.25) is 0 Å². The fraction of sp³-hybridized carbons (Fsp3) is 0.235. The normalized spacial score (nSPS) is 15.3. The Morgan fingerprint density at radius 3 is 0.844 bits per heavy atom. The molecule has 0 saturated heterocycles. The number of para-hydroxylation sites is 1. The van der Waals surface area contributed by atoms with Crippen molar-refractivity contribution in [1.29, 1.82) is 26.3 Å². The molecule has 0 N–H and O–H groups in total. The van der Waals surface area contributed by atoms with Crippen LogP contribution < -0.4 is 49.0 Å². The topological polar surface area (TPSA) is 173 Å². The van der Waals surface area contributed by atoms with Gasteiger partial charge < -0.3 is 49.0 Å². The second-order valence-corrected chi connectivity index (χ2v) is 35.1. The van der Waals surface area contributed by atoms with Crippen LogP contribution in [0.15, 0.2) is 212 Å². The van der Waals surface area contributed by atoms with Crippen molar-refractivity contribution in [2.45, 2.75) is 149 Å². The van der Waals surface area contributed by atoms with Crippen molar-refractivity contribution in [2.75, 3.05) is 84.2 Å². The summed E-state index contributed by atoms with van der Waals surface area (Å²) in [6.07, 6.45) is 0.238. The molecule has 20 nitrogen and oxygen atoms in total. The lowest BCUT2D eigenvalue weighted by molar-refractivity contribution is 0.730. The van der Waals surface area contributed by atoms with E-state index in [2.05, 4.69) is 318 Å². The minimum absolute atomic E-state index is 0.0200. The van der Waals surface area contributed by atoms with Crippen LogP contribution in [-0.4, -0.2) is 66.1 Å². The highest BCUT2D eigenvalue weighted by molar-refractivity contribution is 5.99. The van der Waals surface area contributed by atoms with Gasteiger partial charge in [0, 0.05) is 63.6 Å². The van der Waals surface area contributed by atoms with Gasteiger partial charge >= 0.3 is 0 Å². The van der Waals surface area contributed by atoms with Crippen LogP contribution in [0, 0.1) is 173 Å². The molecule has 5 aliphatic rings. The molecule has 0 bridgehead atoms. The van der Waals surface area contributed by atoms with Gasteiger partial charge in [-0.25, -0.2) is 24.2 Å². The highest BCUT2D eigenvalue weighted by Crippen LogP contribution is 2.56. The minimum Gasteiger partial charge on any atom is -0.352 e. The number of fused-ring (bicyclic) bond motifs is 5. The van der Waals surface area contributed by atoms with E-state index in [0.29, 0.717) is 56.3 Å². The van der Waals surface area contributed by atoms with E-state index in [1.807, 2.05) is 120 Å². The molecule has 20 heteroatoms. The van der Waals surface area contributed by atoms with Crippen molar-refractivity contribution in [3.8, 4) is 63.7 Å². The number of hydrogen-bond acceptors (Lipinski definition) is 15. The van der Waals surface area contributed by atoms with E-state index in [-0.39, 0.29) is 30.8 Å². The molecule has 135 heavy (non-hydrogen) atoms. The van der Waals surface area contributed by atoms with E-state index in [4.69, 9.17) is 32.9 Å². The van der Waals surface area contributed by atoms with Gasteiger partial charge in [0.25, 0.3) is 0 Å². The monoisotopic (exact) mass is 1770 g/mol. The number of nitrogens with zero attached hydrogens (tertiary/aromatic N) is 20. The van der Waals surface area contributed by atoms with Crippen LogP contribution in [0.3, 0.4) is 0 Å². The molecule has 5 atom stereocenters. The van der Waals surface area contributed by atoms with Gasteiger partial charge in [0.1, 0.15) is 61.2 Å². The van der Waals surface area contributed by atoms with Gasteiger partial charge in [-0.1, -0.05) is 133 Å². The second kappa shape index (κ2) is 38.4. The lowest BCUT2D eigenvalue weighted by Gasteiger charge is -2.32. The Hall–Kier alpha value is -17.2. The summed E-state index contributed by atoms with van der Waals surface area (Å²) in [5.41, 5.74) is 41.8. The molecule has 0 spiro atoms. The molecule has 0 saturated carbocycles. The fourth-order valence-electron chi connectivity index (χ4n) is 19.6. The van der Waals surface area contributed by atoms with Crippen LogP contribution in [0.25, 0.3) is 57.6 Å². The van der Waals surface area contributed by atoms with Crippen LogP contribution in [0.1, 0.15) is 129 Å². The van der Waals surface area contributed by atoms with Crippen LogP contribution in [-0.2, 0) is 0 Å². The quantitative estimate of drug-likeness (QED) is 0.131. The van der Waals surface area contributed by atoms with Gasteiger partial charge in [-0.15, -0.1) is 0 Å². The van der Waals surface area contributed by atoms with Gasteiger partial charge in [-0.05, 0) is 291 Å². The third kappa shape index (κ3) is 16.8. The Morgan fingerprint density at radius 2 is 0.511 bits per heavy atom. The van der Waals surface area contributed by atoms with Crippen LogP contribution in [0.4, 0.5) is 114 Å². The number of hydrogen-bond donors (Lipinski definition) is 0. The van der Waals surface area contributed by atoms with Gasteiger partial charge in [-0.3, -0.25) is 0 Å². The van der Waals surface area contributed by atoms with E-state index >= 15 is 0 Å². The third-order valence-electron chi connectivity index (χ3n) is 27.8. The zero-order valence-corrected chi connectivity index (χ0v) is 80.5. The Morgan fingerprint density at radius 1 is 0.222 bits per heavy atom. The minimum atomic E-state index is 0.0200. The number of benzene rings is 13. The summed E-state index contributed by atoms with van der Waals surface area (Å²) < 4.78 is 0. The highest BCUT2D eigenvalue weighted by Gasteiger charge is 2.42. The molecule has 5 aliphatic heterocycles. The van der Waals surface area contributed by atoms with E-state index in [9.17, 15) is 26.3 Å². The van der Waals surface area contributed by atoms with Crippen LogP contribution in [0.2, 0.25) is 0 Å². The van der Waals surface area contributed by atoms with Gasteiger partial charge in [0.05, 0.1) is 123 Å². The predicted octanol–water partition coefficient (Wildman–Crippen LogP) is 28.9. The molecule has 666 valence electrons. The lowest BCUT2D eigenvalue weighted by Crippen LogP contribution is -2.36. The molecule has 0 amide bonds. The first-order valence-corrected chi connectivity index (χ1v) is 44.7. The Balaban J connectivity index is 0.000000135. The largest absolute Gasteiger partial charge is 0.352 e. The van der Waals surface area contributed by atoms with Crippen molar-refractivity contribution in [2.24, 2.45) is 0 Å². The first-order chi connectivity index (χ1) is 64.7. The van der Waals surface area contributed by atoms with Crippen molar-refractivity contribution >= 4 is 114 Å². The molecule has 0 fully saturated rings. The fourth-order valence-corrected chi connectivity index (χ4v) is 19.6. The van der Waals surface area contributed by atoms with Crippen LogP contribution in [0.5, 0.6) is 0 Å². The molecule has 5 heterocycles. The predicted molar refractivity (Wildman–Crippen MR) is 552 cm³/mol. The maximum atomic E-state index is 9.67. The first-order valence-electron chi connectivity index (χ1n) is 44.7. The SMILES string of the molecule is [C-]#[N+]c1cc(C#N)c2c(c1)N(c1c(C)c(C)c(C)c(C)c1C)[C@@H](C)N2C.[C-]#[N+]c1cc(C#N)c2c(c1)N(c1c(C)c(C)cc(C)c1C)[C@@H](C)N2C.[C-]#[N+]c1cc(C#N)c2c(c1)N(c1c(C)cccc1-c1ccccc1)[C@@H](C)N2C.[C-]#[N+]c1cc(C#N)c2c(c1)N(c1cc(-c3ccccc3)ccc1C)[C@@H](C)N2C.[C-]#[N+]c1cc(C#N)c2c(c1)N(c1ccc(-c3ccccc3)cc1C)[C@@H](C)N2C. The standard InChI is InChI=1S/3C24H20N4.C22H24N4.C21H22N4/c1-16-9-8-12-21(18-10-6-5-7-11-18)23(16)28-17(2)27(4)24-19(15-25)13-20(26-3)14-22(24)28;1-16-12-19(18-8-6-5-7-9-18)10-11-22(16)28-17(2)27(4)24-20(15-25)13-21(26-3)14-23(24)28;1-16-10-11-19(18-8-6-5-7-9-18)13-22(16)28-17(2)27(4)24-20(15-25)12-21(26-3)14-23(24)28;1-12-13(2)15(4)21(16(5)14(12)3)26-17(6)25(8)22-18(11-23)9-19(24-7)10-20(22)26;1-12-8-13(2)15(4)20(14(12)3)25-16(5)24(7)21-17(11-22)9-18(23-6)10-19(21)25/h3*5-14,17H,1-2,4H3;9-10,17H,1-6,8H3;8-10,16H,1-5,7H3/t4*17-;16-/m00000/s1. The molecule has 13 aromatic carbocycles. The molecular formula is C115H106N20. The summed E-state index contributed by atoms with van der Waals surface area (Å²) in [5.74, 6) is 0. The first kappa shape index (κ1) is 93.9. The zero-order chi connectivity index (χ0) is 97.3. The molecule has 18 rings (SSSR count). The van der Waals surface area contributed by atoms with Crippen LogP contribution >= 0.6 is 0 Å². The summed E-state index contributed by atoms with van der Waals surface area (Å²) in [5, 5.41) is 48.1. The summed E-state index contributed by atoms with van der Waals surface area (Å²) in [4.78, 5) is 39.7. The van der Waals surface area contributed by atoms with Crippen molar-refractivity contribution in [3.05, 3.63) is 364 Å². The third-order valence-corrected chi connectivity index (χ3v) is 27.8. The summed E-state index contributed by atoms with van der Waals surface area (Å²) >= 11 is 0. The molecule has 13 aromatic rings.